The largest absolute Gasteiger partial charge is 0.464 e. The highest BCUT2D eigenvalue weighted by atomic mass is 35.5. The molecule has 0 saturated carbocycles. The SMILES string of the molecule is CCC1CCCN(C(=O)OC(C)(C)C)C1.COC(=O)c1cnc(N)c(Cl)n1. The summed E-state index contributed by atoms with van der Waals surface area (Å²) in [5.41, 5.74) is 4.93. The predicted octanol–water partition coefficient (Wildman–Crippen LogP) is 3.54. The van der Waals surface area contributed by atoms with E-state index >= 15 is 0 Å². The van der Waals surface area contributed by atoms with Crippen LogP contribution in [0, 0.1) is 5.92 Å². The van der Waals surface area contributed by atoms with Crippen molar-refractivity contribution in [1.82, 2.24) is 14.9 Å². The van der Waals surface area contributed by atoms with Crippen LogP contribution in [0.2, 0.25) is 5.15 Å². The summed E-state index contributed by atoms with van der Waals surface area (Å²) in [4.78, 5) is 31.8. The van der Waals surface area contributed by atoms with Crippen molar-refractivity contribution < 1.29 is 19.1 Å². The lowest BCUT2D eigenvalue weighted by Gasteiger charge is -2.33. The van der Waals surface area contributed by atoms with Crippen molar-refractivity contribution >= 4 is 29.5 Å². The Labute approximate surface area is 165 Å². The number of hydrogen-bond acceptors (Lipinski definition) is 7. The summed E-state index contributed by atoms with van der Waals surface area (Å²) in [6, 6.07) is 0. The van der Waals surface area contributed by atoms with E-state index in [0.29, 0.717) is 5.92 Å². The first-order chi connectivity index (χ1) is 12.6. The van der Waals surface area contributed by atoms with E-state index in [9.17, 15) is 9.59 Å². The molecular formula is C18H29ClN4O4. The van der Waals surface area contributed by atoms with E-state index in [0.717, 1.165) is 25.9 Å². The molecule has 2 heterocycles. The molecule has 0 aliphatic carbocycles. The fraction of sp³-hybridized carbons (Fsp3) is 0.667. The molecular weight excluding hydrogens is 372 g/mol. The Morgan fingerprint density at radius 3 is 2.59 bits per heavy atom. The van der Waals surface area contributed by atoms with Gasteiger partial charge in [0.15, 0.2) is 16.7 Å². The molecule has 1 fully saturated rings. The molecule has 0 bridgehead atoms. The zero-order chi connectivity index (χ0) is 20.6. The molecule has 1 atom stereocenters. The number of anilines is 1. The van der Waals surface area contributed by atoms with Crippen LogP contribution < -0.4 is 5.73 Å². The van der Waals surface area contributed by atoms with E-state index in [2.05, 4.69) is 21.6 Å². The lowest BCUT2D eigenvalue weighted by molar-refractivity contribution is 0.0164. The molecule has 8 nitrogen and oxygen atoms in total. The number of halogens is 1. The number of carbonyl (C=O) groups is 2. The van der Waals surface area contributed by atoms with Crippen LogP contribution in [-0.4, -0.2) is 52.7 Å². The van der Waals surface area contributed by atoms with Gasteiger partial charge in [0, 0.05) is 13.1 Å². The van der Waals surface area contributed by atoms with Gasteiger partial charge in [0.25, 0.3) is 0 Å². The fourth-order valence-corrected chi connectivity index (χ4v) is 2.61. The average Bonchev–Trinajstić information content (AvgIpc) is 2.62. The monoisotopic (exact) mass is 400 g/mol. The number of nitrogens with zero attached hydrogens (tertiary/aromatic N) is 3. The lowest BCUT2D eigenvalue weighted by atomic mass is 9.96. The second-order valence-electron chi connectivity index (χ2n) is 7.27. The summed E-state index contributed by atoms with van der Waals surface area (Å²) in [6.45, 7) is 9.63. The molecule has 1 amide bonds. The number of aromatic nitrogens is 2. The number of piperidine rings is 1. The molecule has 2 rings (SSSR count). The van der Waals surface area contributed by atoms with Crippen molar-refractivity contribution in [2.24, 2.45) is 5.92 Å². The summed E-state index contributed by atoms with van der Waals surface area (Å²) in [6.07, 6.45) is 4.56. The van der Waals surface area contributed by atoms with Crippen LogP contribution in [0.15, 0.2) is 6.20 Å². The number of nitrogen functional groups attached to an aromatic ring is 1. The maximum atomic E-state index is 11.8. The first-order valence-electron chi connectivity index (χ1n) is 8.91. The van der Waals surface area contributed by atoms with Crippen molar-refractivity contribution in [1.29, 1.82) is 0 Å². The van der Waals surface area contributed by atoms with E-state index in [-0.39, 0.29) is 28.4 Å². The number of esters is 1. The normalized spacial score (nSPS) is 16.8. The van der Waals surface area contributed by atoms with E-state index < -0.39 is 5.97 Å². The van der Waals surface area contributed by atoms with Gasteiger partial charge in [0.05, 0.1) is 13.3 Å². The second kappa shape index (κ2) is 10.3. The number of ether oxygens (including phenoxy) is 2. The number of nitrogens with two attached hydrogens (primary N) is 1. The molecule has 152 valence electrons. The molecule has 0 spiro atoms. The van der Waals surface area contributed by atoms with Crippen molar-refractivity contribution in [3.63, 3.8) is 0 Å². The highest BCUT2D eigenvalue weighted by Crippen LogP contribution is 2.21. The number of amides is 1. The van der Waals surface area contributed by atoms with E-state index in [1.165, 1.54) is 19.7 Å². The van der Waals surface area contributed by atoms with Gasteiger partial charge >= 0.3 is 12.1 Å². The van der Waals surface area contributed by atoms with Gasteiger partial charge in [-0.25, -0.2) is 19.6 Å². The topological polar surface area (TPSA) is 108 Å². The molecule has 1 saturated heterocycles. The number of methoxy groups -OCH3 is 1. The standard InChI is InChI=1S/C12H23NO2.C6H6ClN3O2/c1-5-10-7-6-8-13(9-10)11(14)15-12(2,3)4;1-12-6(11)3-2-9-5(8)4(7)10-3/h10H,5-9H2,1-4H3;2H,1H3,(H2,8,9). The third-order valence-electron chi connectivity index (χ3n) is 3.90. The minimum absolute atomic E-state index is 0.00194. The molecule has 27 heavy (non-hydrogen) atoms. The maximum absolute atomic E-state index is 11.8. The summed E-state index contributed by atoms with van der Waals surface area (Å²) in [5.74, 6) is 0.153. The van der Waals surface area contributed by atoms with Crippen LogP contribution in [0.1, 0.15) is 57.4 Å². The molecule has 0 radical (unpaired) electrons. The minimum atomic E-state index is -0.593. The summed E-state index contributed by atoms with van der Waals surface area (Å²) in [7, 11) is 1.24. The molecule has 1 unspecified atom stereocenters. The number of carbonyl (C=O) groups excluding carboxylic acids is 2. The molecule has 1 aliphatic heterocycles. The Balaban J connectivity index is 0.000000277. The average molecular weight is 401 g/mol. The minimum Gasteiger partial charge on any atom is -0.464 e. The first-order valence-corrected chi connectivity index (χ1v) is 9.29. The van der Waals surface area contributed by atoms with E-state index in [1.807, 2.05) is 25.7 Å². The Hall–Kier alpha value is -2.09. The van der Waals surface area contributed by atoms with Crippen LogP contribution in [-0.2, 0) is 9.47 Å². The Morgan fingerprint density at radius 2 is 2.07 bits per heavy atom. The summed E-state index contributed by atoms with van der Waals surface area (Å²) >= 11 is 5.51. The maximum Gasteiger partial charge on any atom is 0.410 e. The van der Waals surface area contributed by atoms with Gasteiger partial charge in [-0.15, -0.1) is 0 Å². The first kappa shape index (κ1) is 23.0. The number of likely N-dealkylation sites (tertiary alicyclic amines) is 1. The van der Waals surface area contributed by atoms with Gasteiger partial charge in [-0.05, 0) is 39.5 Å². The van der Waals surface area contributed by atoms with Gasteiger partial charge in [-0.2, -0.15) is 0 Å². The quantitative estimate of drug-likeness (QED) is 0.756. The predicted molar refractivity (Wildman–Crippen MR) is 104 cm³/mol. The van der Waals surface area contributed by atoms with Crippen molar-refractivity contribution in [3.05, 3.63) is 17.0 Å². The Bertz CT molecular complexity index is 649. The van der Waals surface area contributed by atoms with Crippen molar-refractivity contribution in [3.8, 4) is 0 Å². The van der Waals surface area contributed by atoms with Crippen LogP contribution in [0.3, 0.4) is 0 Å². The fourth-order valence-electron chi connectivity index (χ4n) is 2.47. The third kappa shape index (κ3) is 7.99. The highest BCUT2D eigenvalue weighted by molar-refractivity contribution is 6.31. The zero-order valence-electron chi connectivity index (χ0n) is 16.6. The molecule has 2 N–H and O–H groups in total. The number of hydrogen-bond donors (Lipinski definition) is 1. The van der Waals surface area contributed by atoms with Gasteiger partial charge in [-0.1, -0.05) is 24.9 Å². The zero-order valence-corrected chi connectivity index (χ0v) is 17.4. The second-order valence-corrected chi connectivity index (χ2v) is 7.62. The van der Waals surface area contributed by atoms with Crippen LogP contribution in [0.4, 0.5) is 10.6 Å². The van der Waals surface area contributed by atoms with Crippen LogP contribution in [0.25, 0.3) is 0 Å². The van der Waals surface area contributed by atoms with Crippen molar-refractivity contribution in [2.75, 3.05) is 25.9 Å². The smallest absolute Gasteiger partial charge is 0.410 e. The van der Waals surface area contributed by atoms with E-state index in [4.69, 9.17) is 22.1 Å². The molecule has 0 aromatic carbocycles. The molecule has 9 heteroatoms. The molecule has 1 aliphatic rings. The summed E-state index contributed by atoms with van der Waals surface area (Å²) < 4.78 is 9.75. The molecule has 1 aromatic rings. The van der Waals surface area contributed by atoms with E-state index in [1.54, 1.807) is 0 Å². The van der Waals surface area contributed by atoms with Gasteiger partial charge < -0.3 is 20.1 Å². The number of rotatable bonds is 2. The van der Waals surface area contributed by atoms with Crippen LogP contribution in [0.5, 0.6) is 0 Å². The van der Waals surface area contributed by atoms with Gasteiger partial charge in [-0.3, -0.25) is 0 Å². The Kier molecular flexibility index (Phi) is 8.75. The third-order valence-corrected chi connectivity index (χ3v) is 4.18. The lowest BCUT2D eigenvalue weighted by Crippen LogP contribution is -2.42. The van der Waals surface area contributed by atoms with Gasteiger partial charge in [0.2, 0.25) is 0 Å². The van der Waals surface area contributed by atoms with Gasteiger partial charge in [0.1, 0.15) is 5.60 Å². The molecule has 1 aromatic heterocycles. The highest BCUT2D eigenvalue weighted by Gasteiger charge is 2.26. The van der Waals surface area contributed by atoms with Crippen LogP contribution >= 0.6 is 11.6 Å². The summed E-state index contributed by atoms with van der Waals surface area (Å²) in [5, 5.41) is -0.00194. The Morgan fingerprint density at radius 1 is 1.41 bits per heavy atom. The van der Waals surface area contributed by atoms with Crippen molar-refractivity contribution in [2.45, 2.75) is 52.6 Å².